The Morgan fingerprint density at radius 3 is 2.59 bits per heavy atom. The quantitative estimate of drug-likeness (QED) is 0.513. The molecule has 0 bridgehead atoms. The van der Waals surface area contributed by atoms with Crippen molar-refractivity contribution in [1.82, 2.24) is 15.2 Å². The average molecular weight is 317 g/mol. The highest BCUT2D eigenvalue weighted by Gasteiger charge is 2.08. The zero-order valence-electron chi connectivity index (χ0n) is 11.5. The SMILES string of the molecule is Fc1ccc(OCCSc2nnc(-c3ccncc3)o2)cc1. The van der Waals surface area contributed by atoms with Crippen LogP contribution in [0.1, 0.15) is 0 Å². The molecule has 112 valence electrons. The first kappa shape index (κ1) is 14.5. The molecule has 0 radical (unpaired) electrons. The second kappa shape index (κ2) is 7.04. The number of hydrogen-bond acceptors (Lipinski definition) is 6. The number of halogens is 1. The van der Waals surface area contributed by atoms with Gasteiger partial charge in [-0.2, -0.15) is 0 Å². The molecule has 0 spiro atoms. The molecule has 1 aromatic carbocycles. The van der Waals surface area contributed by atoms with Crippen LogP contribution < -0.4 is 4.74 Å². The molecule has 0 saturated heterocycles. The largest absolute Gasteiger partial charge is 0.493 e. The van der Waals surface area contributed by atoms with Crippen molar-refractivity contribution < 1.29 is 13.5 Å². The summed E-state index contributed by atoms with van der Waals surface area (Å²) in [5.74, 6) is 1.46. The smallest absolute Gasteiger partial charge is 0.276 e. The van der Waals surface area contributed by atoms with Crippen LogP contribution in [-0.4, -0.2) is 27.5 Å². The van der Waals surface area contributed by atoms with E-state index in [1.165, 1.54) is 23.9 Å². The number of pyridine rings is 1. The van der Waals surface area contributed by atoms with Gasteiger partial charge >= 0.3 is 0 Å². The molecule has 3 aromatic rings. The molecule has 0 N–H and O–H groups in total. The Morgan fingerprint density at radius 1 is 1.05 bits per heavy atom. The lowest BCUT2D eigenvalue weighted by molar-refractivity contribution is 0.342. The highest BCUT2D eigenvalue weighted by molar-refractivity contribution is 7.99. The number of benzene rings is 1. The number of ether oxygens (including phenoxy) is 1. The number of rotatable bonds is 6. The molecule has 0 fully saturated rings. The minimum atomic E-state index is -0.281. The lowest BCUT2D eigenvalue weighted by atomic mass is 10.3. The molecule has 5 nitrogen and oxygen atoms in total. The maximum atomic E-state index is 12.7. The fraction of sp³-hybridized carbons (Fsp3) is 0.133. The molecule has 0 aliphatic rings. The molecular weight excluding hydrogens is 305 g/mol. The predicted molar refractivity (Wildman–Crippen MR) is 80.1 cm³/mol. The van der Waals surface area contributed by atoms with Crippen LogP contribution in [0, 0.1) is 5.82 Å². The summed E-state index contributed by atoms with van der Waals surface area (Å²) in [7, 11) is 0. The van der Waals surface area contributed by atoms with Crippen molar-refractivity contribution >= 4 is 11.8 Å². The van der Waals surface area contributed by atoms with E-state index in [9.17, 15) is 4.39 Å². The zero-order valence-corrected chi connectivity index (χ0v) is 12.3. The molecule has 2 heterocycles. The Hall–Kier alpha value is -2.41. The minimum Gasteiger partial charge on any atom is -0.493 e. The van der Waals surface area contributed by atoms with E-state index in [4.69, 9.17) is 9.15 Å². The molecular formula is C15H12FN3O2S. The lowest BCUT2D eigenvalue weighted by Gasteiger charge is -2.04. The van der Waals surface area contributed by atoms with Gasteiger partial charge in [0.15, 0.2) is 0 Å². The zero-order chi connectivity index (χ0) is 15.2. The van der Waals surface area contributed by atoms with E-state index in [1.54, 1.807) is 36.7 Å². The van der Waals surface area contributed by atoms with Gasteiger partial charge in [-0.05, 0) is 36.4 Å². The van der Waals surface area contributed by atoms with E-state index in [0.29, 0.717) is 29.2 Å². The predicted octanol–water partition coefficient (Wildman–Crippen LogP) is 3.44. The lowest BCUT2D eigenvalue weighted by Crippen LogP contribution is -1.99. The molecule has 0 atom stereocenters. The second-order valence-electron chi connectivity index (χ2n) is 4.26. The van der Waals surface area contributed by atoms with E-state index in [2.05, 4.69) is 15.2 Å². The van der Waals surface area contributed by atoms with Crippen LogP contribution >= 0.6 is 11.8 Å². The fourth-order valence-corrected chi connectivity index (χ4v) is 2.28. The third kappa shape index (κ3) is 3.82. The molecule has 3 rings (SSSR count). The summed E-state index contributed by atoms with van der Waals surface area (Å²) in [4.78, 5) is 3.94. The van der Waals surface area contributed by atoms with E-state index in [0.717, 1.165) is 5.56 Å². The summed E-state index contributed by atoms with van der Waals surface area (Å²) in [5, 5.41) is 8.44. The van der Waals surface area contributed by atoms with E-state index in [-0.39, 0.29) is 5.82 Å². The first-order chi connectivity index (χ1) is 10.8. The van der Waals surface area contributed by atoms with Gasteiger partial charge in [-0.25, -0.2) is 4.39 Å². The Morgan fingerprint density at radius 2 is 1.82 bits per heavy atom. The van der Waals surface area contributed by atoms with Crippen LogP contribution in [0.5, 0.6) is 5.75 Å². The molecule has 0 aliphatic heterocycles. The highest BCUT2D eigenvalue weighted by Crippen LogP contribution is 2.22. The third-order valence-corrected chi connectivity index (χ3v) is 3.51. The number of nitrogens with zero attached hydrogens (tertiary/aromatic N) is 3. The van der Waals surface area contributed by atoms with Crippen molar-refractivity contribution in [3.63, 3.8) is 0 Å². The Kier molecular flexibility index (Phi) is 4.65. The monoisotopic (exact) mass is 317 g/mol. The van der Waals surface area contributed by atoms with Crippen molar-refractivity contribution in [2.45, 2.75) is 5.22 Å². The van der Waals surface area contributed by atoms with Gasteiger partial charge in [-0.15, -0.1) is 10.2 Å². The molecule has 7 heteroatoms. The maximum Gasteiger partial charge on any atom is 0.276 e. The van der Waals surface area contributed by atoms with Crippen LogP contribution in [-0.2, 0) is 0 Å². The summed E-state index contributed by atoms with van der Waals surface area (Å²) in [6, 6.07) is 9.52. The standard InChI is InChI=1S/C15H12FN3O2S/c16-12-1-3-13(4-2-12)20-9-10-22-15-19-18-14(21-15)11-5-7-17-8-6-11/h1-8H,9-10H2. The number of hydrogen-bond donors (Lipinski definition) is 0. The van der Waals surface area contributed by atoms with Gasteiger partial charge in [0.05, 0.1) is 6.61 Å². The Labute approximate surface area is 130 Å². The van der Waals surface area contributed by atoms with Crippen molar-refractivity contribution in [2.75, 3.05) is 12.4 Å². The van der Waals surface area contributed by atoms with Crippen molar-refractivity contribution in [1.29, 1.82) is 0 Å². The van der Waals surface area contributed by atoms with E-state index < -0.39 is 0 Å². The Bertz CT molecular complexity index is 719. The fourth-order valence-electron chi connectivity index (χ4n) is 1.70. The van der Waals surface area contributed by atoms with Gasteiger partial charge in [-0.3, -0.25) is 4.98 Å². The van der Waals surface area contributed by atoms with Crippen LogP contribution in [0.25, 0.3) is 11.5 Å². The van der Waals surface area contributed by atoms with Crippen molar-refractivity contribution in [3.8, 4) is 17.2 Å². The van der Waals surface area contributed by atoms with E-state index >= 15 is 0 Å². The Balaban J connectivity index is 1.48. The minimum absolute atomic E-state index is 0.281. The average Bonchev–Trinajstić information content (AvgIpc) is 3.03. The third-order valence-electron chi connectivity index (χ3n) is 2.72. The number of thioether (sulfide) groups is 1. The maximum absolute atomic E-state index is 12.7. The summed E-state index contributed by atoms with van der Waals surface area (Å²) in [6.07, 6.45) is 3.34. The topological polar surface area (TPSA) is 61.0 Å². The van der Waals surface area contributed by atoms with Crippen molar-refractivity contribution in [3.05, 3.63) is 54.6 Å². The van der Waals surface area contributed by atoms with Crippen LogP contribution in [0.2, 0.25) is 0 Å². The van der Waals surface area contributed by atoms with Gasteiger partial charge in [0.25, 0.3) is 5.22 Å². The van der Waals surface area contributed by atoms with Gasteiger partial charge < -0.3 is 9.15 Å². The molecule has 2 aromatic heterocycles. The van der Waals surface area contributed by atoms with E-state index in [1.807, 2.05) is 0 Å². The molecule has 0 saturated carbocycles. The first-order valence-corrected chi connectivity index (χ1v) is 7.55. The summed E-state index contributed by atoms with van der Waals surface area (Å²) in [5.41, 5.74) is 0.830. The highest BCUT2D eigenvalue weighted by atomic mass is 32.2. The van der Waals surface area contributed by atoms with Crippen LogP contribution in [0.15, 0.2) is 58.4 Å². The molecule has 0 aliphatic carbocycles. The van der Waals surface area contributed by atoms with Crippen LogP contribution in [0.4, 0.5) is 4.39 Å². The van der Waals surface area contributed by atoms with Gasteiger partial charge in [-0.1, -0.05) is 11.8 Å². The molecule has 0 unspecified atom stereocenters. The summed E-state index contributed by atoms with van der Waals surface area (Å²) in [6.45, 7) is 0.462. The normalized spacial score (nSPS) is 10.6. The molecule has 0 amide bonds. The van der Waals surface area contributed by atoms with Crippen LogP contribution in [0.3, 0.4) is 0 Å². The van der Waals surface area contributed by atoms with Gasteiger partial charge in [0, 0.05) is 23.7 Å². The number of aromatic nitrogens is 3. The van der Waals surface area contributed by atoms with Crippen molar-refractivity contribution in [2.24, 2.45) is 0 Å². The van der Waals surface area contributed by atoms with Gasteiger partial charge in [0.1, 0.15) is 11.6 Å². The van der Waals surface area contributed by atoms with Gasteiger partial charge in [0.2, 0.25) is 5.89 Å². The second-order valence-corrected chi connectivity index (χ2v) is 5.31. The summed E-state index contributed by atoms with van der Waals surface area (Å²) >= 11 is 1.40. The summed E-state index contributed by atoms with van der Waals surface area (Å²) < 4.78 is 23.8. The molecule has 22 heavy (non-hydrogen) atoms. The first-order valence-electron chi connectivity index (χ1n) is 6.56.